The Morgan fingerprint density at radius 3 is 2.27 bits per heavy atom. The van der Waals surface area contributed by atoms with Crippen molar-refractivity contribution in [2.45, 2.75) is 25.8 Å². The van der Waals surface area contributed by atoms with E-state index in [4.69, 9.17) is 28.0 Å². The molecule has 4 nitrogen and oxygen atoms in total. The molecule has 0 aromatic carbocycles. The van der Waals surface area contributed by atoms with Gasteiger partial charge in [0.1, 0.15) is 0 Å². The normalized spacial score (nSPS) is 15.4. The topological polar surface area (TPSA) is 78.5 Å². The van der Waals surface area contributed by atoms with E-state index in [1.54, 1.807) is 13.8 Å². The molecule has 0 unspecified atom stereocenters. The van der Waals surface area contributed by atoms with Gasteiger partial charge in [0.25, 0.3) is 0 Å². The summed E-state index contributed by atoms with van der Waals surface area (Å²) in [5, 5.41) is 20.0. The number of nitrogens with one attached hydrogen (secondary N) is 1. The predicted molar refractivity (Wildman–Crippen MR) is 49.0 cm³/mol. The van der Waals surface area contributed by atoms with E-state index in [9.17, 15) is 0 Å². The first-order valence-corrected chi connectivity index (χ1v) is 3.78. The van der Waals surface area contributed by atoms with Crippen molar-refractivity contribution in [3.05, 3.63) is 0 Å². The van der Waals surface area contributed by atoms with Gasteiger partial charge >= 0.3 is 7.12 Å². The lowest BCUT2D eigenvalue weighted by molar-refractivity contribution is 0.385. The number of rotatable bonds is 3. The molecule has 0 saturated heterocycles. The van der Waals surface area contributed by atoms with Gasteiger partial charge in [-0.3, -0.25) is 0 Å². The highest BCUT2D eigenvalue weighted by atomic mass is 32.1. The number of hydrogen-bond acceptors (Lipinski definition) is 4. The molecule has 11 heavy (non-hydrogen) atoms. The third kappa shape index (κ3) is 4.31. The van der Waals surface area contributed by atoms with Crippen LogP contribution in [-0.2, 0) is 0 Å². The van der Waals surface area contributed by atoms with Gasteiger partial charge in [-0.25, -0.2) is 0 Å². The van der Waals surface area contributed by atoms with E-state index < -0.39 is 13.1 Å². The Labute approximate surface area is 71.9 Å². The van der Waals surface area contributed by atoms with Gasteiger partial charge in [-0.05, 0) is 13.8 Å². The van der Waals surface area contributed by atoms with E-state index in [0.29, 0.717) is 4.99 Å². The molecule has 2 atom stereocenters. The van der Waals surface area contributed by atoms with Gasteiger partial charge < -0.3 is 21.1 Å². The van der Waals surface area contributed by atoms with Crippen molar-refractivity contribution in [3.63, 3.8) is 0 Å². The fraction of sp³-hybridized carbons (Fsp3) is 0.800. The van der Waals surface area contributed by atoms with Crippen molar-refractivity contribution in [2.24, 2.45) is 5.73 Å². The van der Waals surface area contributed by atoms with Crippen LogP contribution in [0.5, 0.6) is 0 Å². The van der Waals surface area contributed by atoms with Gasteiger partial charge in [-0.15, -0.1) is 0 Å². The van der Waals surface area contributed by atoms with Crippen molar-refractivity contribution in [1.29, 1.82) is 0 Å². The third-order valence-corrected chi connectivity index (χ3v) is 1.72. The van der Waals surface area contributed by atoms with Crippen LogP contribution < -0.4 is 11.1 Å². The van der Waals surface area contributed by atoms with Crippen molar-refractivity contribution in [1.82, 2.24) is 5.32 Å². The third-order valence-electron chi connectivity index (χ3n) is 1.23. The molecule has 0 aromatic heterocycles. The van der Waals surface area contributed by atoms with E-state index in [0.717, 1.165) is 0 Å². The molecule has 0 aliphatic rings. The highest BCUT2D eigenvalue weighted by Crippen LogP contribution is 1.87. The van der Waals surface area contributed by atoms with Crippen LogP contribution in [-0.4, -0.2) is 34.1 Å². The molecule has 0 aliphatic carbocycles. The zero-order valence-electron chi connectivity index (χ0n) is 6.61. The Morgan fingerprint density at radius 1 is 1.55 bits per heavy atom. The molecule has 0 aliphatic heterocycles. The van der Waals surface area contributed by atoms with Crippen LogP contribution in [0.3, 0.4) is 0 Å². The second-order valence-corrected chi connectivity index (χ2v) is 2.94. The van der Waals surface area contributed by atoms with E-state index in [1.165, 1.54) is 0 Å². The van der Waals surface area contributed by atoms with Gasteiger partial charge in [-0.1, -0.05) is 12.2 Å². The highest BCUT2D eigenvalue weighted by molar-refractivity contribution is 7.80. The van der Waals surface area contributed by atoms with Gasteiger partial charge in [0.15, 0.2) is 0 Å². The molecule has 0 rings (SSSR count). The Kier molecular flexibility index (Phi) is 4.59. The Hall–Kier alpha value is -0.165. The minimum absolute atomic E-state index is 0.258. The van der Waals surface area contributed by atoms with Crippen molar-refractivity contribution < 1.29 is 10.0 Å². The molecule has 0 bridgehead atoms. The first-order chi connectivity index (χ1) is 4.95. The lowest BCUT2D eigenvalue weighted by Crippen LogP contribution is -2.48. The predicted octanol–water partition coefficient (Wildman–Crippen LogP) is -1.35. The summed E-state index contributed by atoms with van der Waals surface area (Å²) in [6.45, 7) is 3.34. The van der Waals surface area contributed by atoms with Gasteiger partial charge in [0, 0.05) is 0 Å². The zero-order valence-corrected chi connectivity index (χ0v) is 7.43. The maximum atomic E-state index is 8.64. The second kappa shape index (κ2) is 4.66. The van der Waals surface area contributed by atoms with Crippen LogP contribution in [0.1, 0.15) is 13.8 Å². The van der Waals surface area contributed by atoms with E-state index in [-0.39, 0.29) is 6.04 Å². The average Bonchev–Trinajstić information content (AvgIpc) is 1.87. The minimum atomic E-state index is -1.41. The summed E-state index contributed by atoms with van der Waals surface area (Å²) in [5.41, 5.74) is 5.42. The maximum absolute atomic E-state index is 8.64. The monoisotopic (exact) mass is 176 g/mol. The van der Waals surface area contributed by atoms with Crippen molar-refractivity contribution >= 4 is 24.3 Å². The summed E-state index contributed by atoms with van der Waals surface area (Å²) >= 11 is 4.82. The molecule has 5 N–H and O–H groups in total. The quantitative estimate of drug-likeness (QED) is 0.316. The average molecular weight is 176 g/mol. The molecule has 0 heterocycles. The molecule has 0 aromatic rings. The Balaban J connectivity index is 3.76. The Morgan fingerprint density at radius 2 is 2.00 bits per heavy atom. The van der Waals surface area contributed by atoms with Gasteiger partial charge in [0.2, 0.25) is 0 Å². The number of nitrogens with two attached hydrogens (primary N) is 1. The zero-order chi connectivity index (χ0) is 9.02. The summed E-state index contributed by atoms with van der Waals surface area (Å²) in [6.07, 6.45) is 0. The lowest BCUT2D eigenvalue weighted by Gasteiger charge is -2.16. The fourth-order valence-corrected chi connectivity index (χ4v) is 0.616. The molecular weight excluding hydrogens is 163 g/mol. The minimum Gasteiger partial charge on any atom is -0.426 e. The van der Waals surface area contributed by atoms with Crippen LogP contribution in [0.4, 0.5) is 0 Å². The molecule has 0 saturated carbocycles. The molecule has 0 amide bonds. The van der Waals surface area contributed by atoms with E-state index in [1.807, 2.05) is 0 Å². The van der Waals surface area contributed by atoms with E-state index in [2.05, 4.69) is 5.32 Å². The Bertz CT molecular complexity index is 142. The summed E-state index contributed by atoms with van der Waals surface area (Å²) in [4.78, 5) is 0.436. The van der Waals surface area contributed by atoms with Crippen molar-refractivity contribution in [2.75, 3.05) is 0 Å². The smallest absolute Gasteiger partial charge is 0.426 e. The molecule has 6 heteroatoms. The fourth-order valence-electron chi connectivity index (χ4n) is 0.430. The molecule has 64 valence electrons. The van der Waals surface area contributed by atoms with Crippen LogP contribution in [0.15, 0.2) is 0 Å². The second-order valence-electron chi connectivity index (χ2n) is 2.50. The van der Waals surface area contributed by atoms with Gasteiger partial charge in [0.05, 0.1) is 17.0 Å². The summed E-state index contributed by atoms with van der Waals surface area (Å²) < 4.78 is 0. The lowest BCUT2D eigenvalue weighted by atomic mass is 9.81. The summed E-state index contributed by atoms with van der Waals surface area (Å²) in [5.74, 6) is -0.478. The van der Waals surface area contributed by atoms with Crippen LogP contribution in [0, 0.1) is 0 Å². The van der Waals surface area contributed by atoms with E-state index >= 15 is 0 Å². The SMILES string of the molecule is C[C@H](N)C(=S)N[C@H](C)B(O)O. The summed E-state index contributed by atoms with van der Waals surface area (Å²) in [6, 6.07) is -0.258. The van der Waals surface area contributed by atoms with Gasteiger partial charge in [-0.2, -0.15) is 0 Å². The first kappa shape index (κ1) is 10.8. The standard InChI is InChI=1S/C5H13BN2O2S/c1-3(7)5(11)8-4(2)6(9)10/h3-4,9-10H,7H2,1-2H3,(H,8,11)/t3-,4+/m0/s1. The first-order valence-electron chi connectivity index (χ1n) is 3.37. The number of thiocarbonyl (C=S) groups is 1. The summed E-state index contributed by atoms with van der Waals surface area (Å²) in [7, 11) is -1.41. The van der Waals surface area contributed by atoms with Crippen molar-refractivity contribution in [3.8, 4) is 0 Å². The molecule has 0 spiro atoms. The molecular formula is C5H13BN2O2S. The van der Waals surface area contributed by atoms with Crippen LogP contribution in [0.2, 0.25) is 0 Å². The molecule has 0 radical (unpaired) electrons. The molecule has 0 fully saturated rings. The number of hydrogen-bond donors (Lipinski definition) is 4. The van der Waals surface area contributed by atoms with Crippen LogP contribution >= 0.6 is 12.2 Å². The maximum Gasteiger partial charge on any atom is 0.475 e. The highest BCUT2D eigenvalue weighted by Gasteiger charge is 2.19. The van der Waals surface area contributed by atoms with Crippen LogP contribution in [0.25, 0.3) is 0 Å². The largest absolute Gasteiger partial charge is 0.475 e.